The van der Waals surface area contributed by atoms with Crippen molar-refractivity contribution in [3.05, 3.63) is 11.6 Å². The van der Waals surface area contributed by atoms with E-state index in [1.54, 1.807) is 0 Å². The maximum atomic E-state index is 12.3. The predicted molar refractivity (Wildman–Crippen MR) is 96.3 cm³/mol. The maximum Gasteiger partial charge on any atom is 0.220 e. The second kappa shape index (κ2) is 7.85. The van der Waals surface area contributed by atoms with Crippen LogP contribution in [0.4, 0.5) is 0 Å². The molecule has 1 saturated heterocycles. The molecular weight excluding hydrogens is 314 g/mol. The van der Waals surface area contributed by atoms with Gasteiger partial charge in [-0.3, -0.25) is 4.79 Å². The Morgan fingerprint density at radius 1 is 1.04 bits per heavy atom. The van der Waals surface area contributed by atoms with E-state index in [9.17, 15) is 4.79 Å². The molecule has 0 bridgehead atoms. The summed E-state index contributed by atoms with van der Waals surface area (Å²) in [6, 6.07) is 0. The molecule has 0 aromatic carbocycles. The van der Waals surface area contributed by atoms with Crippen LogP contribution in [-0.2, 0) is 17.8 Å². The highest BCUT2D eigenvalue weighted by Crippen LogP contribution is 2.40. The summed E-state index contributed by atoms with van der Waals surface area (Å²) >= 11 is 0. The lowest BCUT2D eigenvalue weighted by Crippen LogP contribution is -2.38. The number of hydrogen-bond donors (Lipinski definition) is 1. The van der Waals surface area contributed by atoms with Crippen molar-refractivity contribution in [2.75, 3.05) is 26.2 Å². The zero-order chi connectivity index (χ0) is 17.1. The molecule has 25 heavy (non-hydrogen) atoms. The molecular formula is C19H31N5O. The highest BCUT2D eigenvalue weighted by molar-refractivity contribution is 5.76. The number of carbonyl (C=O) groups excluding carboxylic acids is 1. The highest BCUT2D eigenvalue weighted by Gasteiger charge is 2.31. The molecule has 6 heteroatoms. The van der Waals surface area contributed by atoms with E-state index in [2.05, 4.69) is 25.0 Å². The van der Waals surface area contributed by atoms with Crippen molar-refractivity contribution in [2.24, 2.45) is 5.92 Å². The number of nitrogens with zero attached hydrogens (tertiary/aromatic N) is 4. The molecule has 1 N–H and O–H groups in total. The molecule has 0 radical (unpaired) electrons. The summed E-state index contributed by atoms with van der Waals surface area (Å²) < 4.78 is 2.34. The fourth-order valence-corrected chi connectivity index (χ4v) is 4.29. The number of nitrogens with one attached hydrogen (secondary N) is 1. The minimum absolute atomic E-state index is 0.224. The van der Waals surface area contributed by atoms with E-state index in [1.807, 2.05) is 0 Å². The first-order valence-electron chi connectivity index (χ1n) is 10.2. The van der Waals surface area contributed by atoms with E-state index in [0.29, 0.717) is 18.3 Å². The Hall–Kier alpha value is -1.43. The van der Waals surface area contributed by atoms with Gasteiger partial charge < -0.3 is 14.8 Å². The third kappa shape index (κ3) is 4.40. The zero-order valence-corrected chi connectivity index (χ0v) is 15.3. The van der Waals surface area contributed by atoms with Gasteiger partial charge in [-0.2, -0.15) is 0 Å². The lowest BCUT2D eigenvalue weighted by atomic mass is 9.96. The van der Waals surface area contributed by atoms with E-state index in [1.165, 1.54) is 51.0 Å². The van der Waals surface area contributed by atoms with Crippen molar-refractivity contribution in [1.82, 2.24) is 25.0 Å². The number of amides is 1. The molecule has 1 aromatic rings. The van der Waals surface area contributed by atoms with Gasteiger partial charge in [0.05, 0.1) is 0 Å². The zero-order valence-electron chi connectivity index (χ0n) is 15.3. The predicted octanol–water partition coefficient (Wildman–Crippen LogP) is 2.10. The number of aryl methyl sites for hydroxylation is 1. The second-order valence-electron chi connectivity index (χ2n) is 8.05. The van der Waals surface area contributed by atoms with Crippen LogP contribution in [0.3, 0.4) is 0 Å². The summed E-state index contributed by atoms with van der Waals surface area (Å²) in [5.41, 5.74) is 0. The Balaban J connectivity index is 1.20. The van der Waals surface area contributed by atoms with Gasteiger partial charge in [0.15, 0.2) is 0 Å². The summed E-state index contributed by atoms with van der Waals surface area (Å²) in [7, 11) is 0. The van der Waals surface area contributed by atoms with Gasteiger partial charge in [-0.15, -0.1) is 10.2 Å². The van der Waals surface area contributed by atoms with E-state index in [4.69, 9.17) is 0 Å². The van der Waals surface area contributed by atoms with E-state index in [0.717, 1.165) is 44.7 Å². The fourth-order valence-electron chi connectivity index (χ4n) is 4.29. The van der Waals surface area contributed by atoms with Crippen molar-refractivity contribution >= 4 is 5.91 Å². The molecule has 1 atom stereocenters. The van der Waals surface area contributed by atoms with Gasteiger partial charge in [0, 0.05) is 38.4 Å². The monoisotopic (exact) mass is 345 g/mol. The van der Waals surface area contributed by atoms with Gasteiger partial charge >= 0.3 is 0 Å². The van der Waals surface area contributed by atoms with Crippen molar-refractivity contribution in [3.8, 4) is 0 Å². The number of piperidine rings is 1. The summed E-state index contributed by atoms with van der Waals surface area (Å²) in [6.07, 6.45) is 10.3. The Bertz CT molecular complexity index is 589. The Labute approximate surface area is 150 Å². The van der Waals surface area contributed by atoms with Gasteiger partial charge in [0.1, 0.15) is 11.6 Å². The van der Waals surface area contributed by atoms with Crippen molar-refractivity contribution in [2.45, 2.75) is 70.3 Å². The Morgan fingerprint density at radius 2 is 1.88 bits per heavy atom. The van der Waals surface area contributed by atoms with Crippen molar-refractivity contribution < 1.29 is 4.79 Å². The third-order valence-corrected chi connectivity index (χ3v) is 6.01. The minimum Gasteiger partial charge on any atom is -0.355 e. The SMILES string of the molecule is O=C(CC1CCc2nnc(C3CC3)n2CC1)NCCN1CCCCC1. The highest BCUT2D eigenvalue weighted by atomic mass is 16.1. The first kappa shape index (κ1) is 17.0. The van der Waals surface area contributed by atoms with Crippen LogP contribution < -0.4 is 5.32 Å². The molecule has 3 aliphatic rings. The average molecular weight is 345 g/mol. The third-order valence-electron chi connectivity index (χ3n) is 6.01. The van der Waals surface area contributed by atoms with Crippen LogP contribution in [0.2, 0.25) is 0 Å². The van der Waals surface area contributed by atoms with Crippen molar-refractivity contribution in [3.63, 3.8) is 0 Å². The minimum atomic E-state index is 0.224. The summed E-state index contributed by atoms with van der Waals surface area (Å²) in [4.78, 5) is 14.8. The smallest absolute Gasteiger partial charge is 0.220 e. The number of aromatic nitrogens is 3. The molecule has 1 amide bonds. The van der Waals surface area contributed by atoms with Gasteiger partial charge in [-0.1, -0.05) is 6.42 Å². The molecule has 1 aliphatic carbocycles. The molecule has 2 fully saturated rings. The molecule has 1 saturated carbocycles. The van der Waals surface area contributed by atoms with Gasteiger partial charge in [0.25, 0.3) is 0 Å². The average Bonchev–Trinajstić information content (AvgIpc) is 3.42. The van der Waals surface area contributed by atoms with Crippen LogP contribution in [0.25, 0.3) is 0 Å². The number of hydrogen-bond acceptors (Lipinski definition) is 4. The van der Waals surface area contributed by atoms with E-state index in [-0.39, 0.29) is 5.91 Å². The molecule has 0 spiro atoms. The molecule has 3 heterocycles. The van der Waals surface area contributed by atoms with Gasteiger partial charge in [-0.25, -0.2) is 0 Å². The van der Waals surface area contributed by atoms with Crippen LogP contribution >= 0.6 is 0 Å². The fraction of sp³-hybridized carbons (Fsp3) is 0.842. The van der Waals surface area contributed by atoms with Crippen LogP contribution in [0.15, 0.2) is 0 Å². The number of rotatable bonds is 6. The Kier molecular flexibility index (Phi) is 5.34. The quantitative estimate of drug-likeness (QED) is 0.858. The largest absolute Gasteiger partial charge is 0.355 e. The summed E-state index contributed by atoms with van der Waals surface area (Å²) in [5, 5.41) is 11.9. The van der Waals surface area contributed by atoms with Gasteiger partial charge in [0.2, 0.25) is 5.91 Å². The normalized spacial score (nSPS) is 24.6. The van der Waals surface area contributed by atoms with Crippen LogP contribution in [0.5, 0.6) is 0 Å². The molecule has 2 aliphatic heterocycles. The van der Waals surface area contributed by atoms with Gasteiger partial charge in [-0.05, 0) is 57.5 Å². The standard InChI is InChI=1S/C19H31N5O/c25-18(20-9-13-23-10-2-1-3-11-23)14-15-4-7-17-21-22-19(16-5-6-16)24(17)12-8-15/h15-16H,1-14H2,(H,20,25). The number of carbonyl (C=O) groups is 1. The first-order valence-corrected chi connectivity index (χ1v) is 10.2. The molecule has 1 aromatic heterocycles. The lowest BCUT2D eigenvalue weighted by molar-refractivity contribution is -0.122. The molecule has 138 valence electrons. The first-order chi connectivity index (χ1) is 12.3. The van der Waals surface area contributed by atoms with E-state index < -0.39 is 0 Å². The van der Waals surface area contributed by atoms with Crippen LogP contribution in [0, 0.1) is 5.92 Å². The second-order valence-corrected chi connectivity index (χ2v) is 8.05. The van der Waals surface area contributed by atoms with Crippen LogP contribution in [-0.4, -0.2) is 51.8 Å². The summed E-state index contributed by atoms with van der Waals surface area (Å²) in [5.74, 6) is 3.68. The number of fused-ring (bicyclic) bond motifs is 1. The molecule has 4 rings (SSSR count). The number of likely N-dealkylation sites (tertiary alicyclic amines) is 1. The molecule has 1 unspecified atom stereocenters. The van der Waals surface area contributed by atoms with E-state index >= 15 is 0 Å². The summed E-state index contributed by atoms with van der Waals surface area (Å²) in [6.45, 7) is 5.17. The van der Waals surface area contributed by atoms with Crippen molar-refractivity contribution in [1.29, 1.82) is 0 Å². The maximum absolute atomic E-state index is 12.3. The Morgan fingerprint density at radius 3 is 2.68 bits per heavy atom. The lowest BCUT2D eigenvalue weighted by Gasteiger charge is -2.26. The molecule has 6 nitrogen and oxygen atoms in total. The topological polar surface area (TPSA) is 63.1 Å². The van der Waals surface area contributed by atoms with Crippen LogP contribution in [0.1, 0.15) is 68.9 Å².